The lowest BCUT2D eigenvalue weighted by molar-refractivity contribution is 0.266. The maximum atomic E-state index is 8.91. The fourth-order valence-electron chi connectivity index (χ4n) is 1.51. The third-order valence-corrected chi connectivity index (χ3v) is 2.44. The molecule has 0 radical (unpaired) electrons. The molecule has 1 rings (SSSR count). The highest BCUT2D eigenvalue weighted by Crippen LogP contribution is 2.09. The maximum absolute atomic E-state index is 8.91. The number of hydrogen-bond acceptors (Lipinski definition) is 3. The number of hydrogen-bond donors (Lipinski definition) is 1. The second kappa shape index (κ2) is 8.11. The zero-order valence-electron chi connectivity index (χ0n) is 9.98. The Kier molecular flexibility index (Phi) is 6.58. The van der Waals surface area contributed by atoms with E-state index in [9.17, 15) is 0 Å². The van der Waals surface area contributed by atoms with Crippen molar-refractivity contribution in [2.75, 3.05) is 6.61 Å². The minimum atomic E-state index is -0.0340. The Hall–Kier alpha value is -1.09. The Balaban J connectivity index is 2.16. The molecule has 0 aliphatic rings. The van der Waals surface area contributed by atoms with Crippen molar-refractivity contribution in [3.8, 4) is 5.88 Å². The fourth-order valence-corrected chi connectivity index (χ4v) is 1.51. The maximum Gasteiger partial charge on any atom is 0.213 e. The molecular formula is C13H21NO2. The minimum Gasteiger partial charge on any atom is -0.478 e. The van der Waals surface area contributed by atoms with Crippen molar-refractivity contribution in [1.82, 2.24) is 4.98 Å². The first-order valence-corrected chi connectivity index (χ1v) is 6.06. The number of aliphatic hydroxyl groups is 1. The highest BCUT2D eigenvalue weighted by atomic mass is 16.5. The first-order chi connectivity index (χ1) is 7.86. The van der Waals surface area contributed by atoms with E-state index >= 15 is 0 Å². The number of pyridine rings is 1. The van der Waals surface area contributed by atoms with Crippen LogP contribution in [-0.2, 0) is 6.61 Å². The second-order valence-corrected chi connectivity index (χ2v) is 3.89. The number of ether oxygens (including phenoxy) is 1. The van der Waals surface area contributed by atoms with Crippen LogP contribution >= 0.6 is 0 Å². The van der Waals surface area contributed by atoms with Crippen LogP contribution in [0.4, 0.5) is 0 Å². The van der Waals surface area contributed by atoms with Crippen LogP contribution in [-0.4, -0.2) is 16.7 Å². The van der Waals surface area contributed by atoms with Crippen molar-refractivity contribution >= 4 is 0 Å². The molecule has 1 N–H and O–H groups in total. The van der Waals surface area contributed by atoms with Gasteiger partial charge in [-0.3, -0.25) is 0 Å². The van der Waals surface area contributed by atoms with Crippen molar-refractivity contribution in [2.45, 2.75) is 45.6 Å². The van der Waals surface area contributed by atoms with E-state index in [2.05, 4.69) is 11.9 Å². The van der Waals surface area contributed by atoms with Crippen molar-refractivity contribution in [3.63, 3.8) is 0 Å². The molecule has 1 aromatic heterocycles. The van der Waals surface area contributed by atoms with Crippen LogP contribution in [0.25, 0.3) is 0 Å². The van der Waals surface area contributed by atoms with Gasteiger partial charge in [0.15, 0.2) is 0 Å². The van der Waals surface area contributed by atoms with Gasteiger partial charge in [0.2, 0.25) is 5.88 Å². The summed E-state index contributed by atoms with van der Waals surface area (Å²) in [7, 11) is 0. The highest BCUT2D eigenvalue weighted by molar-refractivity contribution is 5.15. The van der Waals surface area contributed by atoms with Gasteiger partial charge in [-0.1, -0.05) is 38.7 Å². The smallest absolute Gasteiger partial charge is 0.213 e. The Morgan fingerprint density at radius 2 is 2.00 bits per heavy atom. The Bertz CT molecular complexity index is 289. The van der Waals surface area contributed by atoms with Crippen LogP contribution < -0.4 is 4.74 Å². The summed E-state index contributed by atoms with van der Waals surface area (Å²) in [6, 6.07) is 5.46. The topological polar surface area (TPSA) is 42.4 Å². The van der Waals surface area contributed by atoms with Gasteiger partial charge in [-0.15, -0.1) is 0 Å². The third kappa shape index (κ3) is 5.12. The first-order valence-electron chi connectivity index (χ1n) is 6.06. The number of rotatable bonds is 8. The van der Waals surface area contributed by atoms with E-state index in [-0.39, 0.29) is 6.61 Å². The molecule has 16 heavy (non-hydrogen) atoms. The van der Waals surface area contributed by atoms with Crippen LogP contribution in [0.3, 0.4) is 0 Å². The van der Waals surface area contributed by atoms with Crippen molar-refractivity contribution in [1.29, 1.82) is 0 Å². The molecule has 3 nitrogen and oxygen atoms in total. The van der Waals surface area contributed by atoms with E-state index in [0.717, 1.165) is 6.42 Å². The van der Waals surface area contributed by atoms with Gasteiger partial charge in [-0.25, -0.2) is 4.98 Å². The van der Waals surface area contributed by atoms with E-state index in [1.807, 2.05) is 12.1 Å². The minimum absolute atomic E-state index is 0.0340. The summed E-state index contributed by atoms with van der Waals surface area (Å²) in [6.07, 6.45) is 6.14. The molecular weight excluding hydrogens is 202 g/mol. The largest absolute Gasteiger partial charge is 0.478 e. The summed E-state index contributed by atoms with van der Waals surface area (Å²) in [5.74, 6) is 0.613. The van der Waals surface area contributed by atoms with E-state index in [0.29, 0.717) is 18.2 Å². The molecule has 3 heteroatoms. The Labute approximate surface area is 97.5 Å². The summed E-state index contributed by atoms with van der Waals surface area (Å²) in [5, 5.41) is 8.91. The quantitative estimate of drug-likeness (QED) is 0.689. The van der Waals surface area contributed by atoms with E-state index in [1.54, 1.807) is 6.07 Å². The fraction of sp³-hybridized carbons (Fsp3) is 0.615. The average Bonchev–Trinajstić information content (AvgIpc) is 2.34. The molecule has 0 fully saturated rings. The molecule has 0 bridgehead atoms. The number of aliphatic hydroxyl groups excluding tert-OH is 1. The van der Waals surface area contributed by atoms with Gasteiger partial charge in [0.25, 0.3) is 0 Å². The van der Waals surface area contributed by atoms with E-state index in [4.69, 9.17) is 9.84 Å². The highest BCUT2D eigenvalue weighted by Gasteiger charge is 1.97. The van der Waals surface area contributed by atoms with Crippen LogP contribution in [0.1, 0.15) is 44.7 Å². The lowest BCUT2D eigenvalue weighted by atomic mass is 10.2. The van der Waals surface area contributed by atoms with Gasteiger partial charge in [0.05, 0.1) is 18.9 Å². The molecule has 1 aromatic rings. The Morgan fingerprint density at radius 1 is 1.19 bits per heavy atom. The van der Waals surface area contributed by atoms with E-state index in [1.165, 1.54) is 25.7 Å². The second-order valence-electron chi connectivity index (χ2n) is 3.89. The Morgan fingerprint density at radius 3 is 2.75 bits per heavy atom. The summed E-state index contributed by atoms with van der Waals surface area (Å²) >= 11 is 0. The van der Waals surface area contributed by atoms with Crippen LogP contribution in [0.15, 0.2) is 18.2 Å². The molecule has 1 heterocycles. The molecule has 0 saturated carbocycles. The van der Waals surface area contributed by atoms with Gasteiger partial charge in [0, 0.05) is 6.07 Å². The standard InChI is InChI=1S/C13H21NO2/c1-2-3-4-5-6-10-16-13-9-7-8-12(11-15)14-13/h7-9,15H,2-6,10-11H2,1H3. The van der Waals surface area contributed by atoms with Gasteiger partial charge in [0.1, 0.15) is 0 Å². The number of nitrogens with zero attached hydrogens (tertiary/aromatic N) is 1. The van der Waals surface area contributed by atoms with E-state index < -0.39 is 0 Å². The van der Waals surface area contributed by atoms with Crippen molar-refractivity contribution in [3.05, 3.63) is 23.9 Å². The number of unbranched alkanes of at least 4 members (excludes halogenated alkanes) is 4. The molecule has 0 unspecified atom stereocenters. The van der Waals surface area contributed by atoms with Crippen LogP contribution in [0.2, 0.25) is 0 Å². The zero-order chi connectivity index (χ0) is 11.6. The molecule has 0 aliphatic carbocycles. The molecule has 0 aromatic carbocycles. The zero-order valence-corrected chi connectivity index (χ0v) is 9.98. The summed E-state index contributed by atoms with van der Waals surface area (Å²) < 4.78 is 5.51. The molecule has 90 valence electrons. The van der Waals surface area contributed by atoms with Gasteiger partial charge in [-0.2, -0.15) is 0 Å². The molecule has 0 amide bonds. The van der Waals surface area contributed by atoms with Crippen molar-refractivity contribution < 1.29 is 9.84 Å². The summed E-state index contributed by atoms with van der Waals surface area (Å²) in [6.45, 7) is 2.89. The van der Waals surface area contributed by atoms with Crippen LogP contribution in [0, 0.1) is 0 Å². The molecule has 0 spiro atoms. The SMILES string of the molecule is CCCCCCCOc1cccc(CO)n1. The number of aromatic nitrogens is 1. The summed E-state index contributed by atoms with van der Waals surface area (Å²) in [4.78, 5) is 4.15. The monoisotopic (exact) mass is 223 g/mol. The first kappa shape index (κ1) is 13.0. The van der Waals surface area contributed by atoms with Gasteiger partial charge < -0.3 is 9.84 Å². The van der Waals surface area contributed by atoms with Gasteiger partial charge >= 0.3 is 0 Å². The predicted octanol–water partition coefficient (Wildman–Crippen LogP) is 2.92. The average molecular weight is 223 g/mol. The van der Waals surface area contributed by atoms with Crippen LogP contribution in [0.5, 0.6) is 5.88 Å². The molecule has 0 atom stereocenters. The normalized spacial score (nSPS) is 10.4. The molecule has 0 saturated heterocycles. The van der Waals surface area contributed by atoms with Crippen molar-refractivity contribution in [2.24, 2.45) is 0 Å². The van der Waals surface area contributed by atoms with Gasteiger partial charge in [-0.05, 0) is 12.5 Å². The lowest BCUT2D eigenvalue weighted by Gasteiger charge is -2.05. The molecule has 0 aliphatic heterocycles. The predicted molar refractivity (Wildman–Crippen MR) is 64.4 cm³/mol. The summed E-state index contributed by atoms with van der Waals surface area (Å²) in [5.41, 5.74) is 0.656. The third-order valence-electron chi connectivity index (χ3n) is 2.44. The lowest BCUT2D eigenvalue weighted by Crippen LogP contribution is -2.00.